The maximum atomic E-state index is 12.6. The highest BCUT2D eigenvalue weighted by Crippen LogP contribution is 2.06. The van der Waals surface area contributed by atoms with Crippen LogP contribution in [0, 0.1) is 29.1 Å². The predicted molar refractivity (Wildman–Crippen MR) is 91.6 cm³/mol. The first kappa shape index (κ1) is 20.3. The topological polar surface area (TPSA) is 128 Å². The van der Waals surface area contributed by atoms with Gasteiger partial charge in [0.1, 0.15) is 5.71 Å². The van der Waals surface area contributed by atoms with E-state index in [-0.39, 0.29) is 5.56 Å². The van der Waals surface area contributed by atoms with Crippen molar-refractivity contribution in [1.82, 2.24) is 15.8 Å². The molecule has 0 saturated carbocycles. The molecule has 1 atom stereocenters. The van der Waals surface area contributed by atoms with Gasteiger partial charge in [-0.1, -0.05) is 5.92 Å². The Balaban J connectivity index is 2.06. The van der Waals surface area contributed by atoms with Gasteiger partial charge in [-0.2, -0.15) is 0 Å². The second kappa shape index (κ2) is 9.62. The van der Waals surface area contributed by atoms with Gasteiger partial charge < -0.3 is 15.1 Å². The molecule has 0 fully saturated rings. The first-order chi connectivity index (χ1) is 13.4. The van der Waals surface area contributed by atoms with E-state index in [4.69, 9.17) is 15.0 Å². The summed E-state index contributed by atoms with van der Waals surface area (Å²) in [4.78, 5) is 27.2. The molecule has 0 bridgehead atoms. The molecule has 0 aliphatic heterocycles. The first-order valence-electron chi connectivity index (χ1n) is 7.54. The van der Waals surface area contributed by atoms with E-state index < -0.39 is 30.0 Å². The molecule has 2 amide bonds. The highest BCUT2D eigenvalue weighted by molar-refractivity contribution is 6.11. The number of amides is 2. The van der Waals surface area contributed by atoms with Crippen LogP contribution in [0.4, 0.5) is 8.78 Å². The second-order valence-corrected chi connectivity index (χ2v) is 5.08. The van der Waals surface area contributed by atoms with Crippen molar-refractivity contribution in [1.29, 1.82) is 5.41 Å². The maximum absolute atomic E-state index is 12.6. The summed E-state index contributed by atoms with van der Waals surface area (Å²) in [6.45, 7) is 0. The number of hydrogen-bond acceptors (Lipinski definition) is 6. The van der Waals surface area contributed by atoms with Gasteiger partial charge in [0, 0.05) is 11.1 Å². The third-order valence-corrected chi connectivity index (χ3v) is 3.23. The van der Waals surface area contributed by atoms with E-state index in [1.54, 1.807) is 0 Å². The van der Waals surface area contributed by atoms with Crippen LogP contribution in [0.3, 0.4) is 0 Å². The zero-order valence-electron chi connectivity index (χ0n) is 14.0. The molecule has 142 valence electrons. The van der Waals surface area contributed by atoms with E-state index in [1.165, 1.54) is 36.9 Å². The average Bonchev–Trinajstić information content (AvgIpc) is 3.22. The van der Waals surface area contributed by atoms with Crippen molar-refractivity contribution in [3.8, 4) is 23.7 Å². The van der Waals surface area contributed by atoms with Crippen LogP contribution < -0.4 is 10.8 Å². The molecule has 0 aliphatic rings. The zero-order chi connectivity index (χ0) is 20.5. The summed E-state index contributed by atoms with van der Waals surface area (Å²) in [5.41, 5.74) is 0.342. The number of carbonyl (C=O) groups is 2. The molecule has 0 radical (unpaired) electrons. The number of nitrogens with one attached hydrogen (secondary N) is 3. The largest absolute Gasteiger partial charge is 0.435 e. The van der Waals surface area contributed by atoms with Crippen LogP contribution in [0.25, 0.3) is 0 Å². The fraction of sp³-hybridized carbons (Fsp3) is 0.111. The molecule has 4 N–H and O–H groups in total. The number of rotatable bonds is 5. The van der Waals surface area contributed by atoms with E-state index in [2.05, 4.69) is 28.7 Å². The Hall–Kier alpha value is -4.02. The van der Waals surface area contributed by atoms with Crippen molar-refractivity contribution >= 4 is 17.5 Å². The van der Waals surface area contributed by atoms with Gasteiger partial charge in [-0.3, -0.25) is 14.8 Å². The molecule has 28 heavy (non-hydrogen) atoms. The fourth-order valence-corrected chi connectivity index (χ4v) is 1.87. The lowest BCUT2D eigenvalue weighted by atomic mass is 10.1. The number of nitrogens with zero attached hydrogens (tertiary/aromatic N) is 1. The van der Waals surface area contributed by atoms with Crippen LogP contribution in [0.15, 0.2) is 41.3 Å². The van der Waals surface area contributed by atoms with Crippen LogP contribution in [-0.4, -0.2) is 40.2 Å². The summed E-state index contributed by atoms with van der Waals surface area (Å²) in [6.07, 6.45) is -0.614. The van der Waals surface area contributed by atoms with Crippen LogP contribution in [-0.2, 0) is 4.79 Å². The molecular weight excluding hydrogens is 374 g/mol. The summed E-state index contributed by atoms with van der Waals surface area (Å²) in [5, 5.41) is 17.7. The summed E-state index contributed by atoms with van der Waals surface area (Å²) < 4.78 is 30.2. The number of hydrogen-bond donors (Lipinski definition) is 4. The normalized spacial score (nSPS) is 10.7. The van der Waals surface area contributed by atoms with E-state index >= 15 is 0 Å². The van der Waals surface area contributed by atoms with Gasteiger partial charge in [0.05, 0.1) is 6.20 Å². The van der Waals surface area contributed by atoms with Crippen LogP contribution in [0.2, 0.25) is 0 Å². The number of alkyl halides is 2. The molecule has 8 nitrogen and oxygen atoms in total. The minimum Gasteiger partial charge on any atom is -0.435 e. The summed E-state index contributed by atoms with van der Waals surface area (Å²) in [5.74, 6) is 8.60. The molecule has 0 aliphatic carbocycles. The molecule has 2 rings (SSSR count). The van der Waals surface area contributed by atoms with E-state index in [9.17, 15) is 18.4 Å². The third-order valence-electron chi connectivity index (χ3n) is 3.23. The first-order valence-corrected chi connectivity index (χ1v) is 7.54. The standard InChI is InChI=1S/C18H12F2N4O4/c19-16(20)14(21)15(18(26)24-27)23-17(25)12-7-5-11(6-8-12)3-1-2-4-13-9-22-10-28-13/h5-10,15-16,21,27H,(H,23,25)(H,24,26)/t15-/m0/s1. The van der Waals surface area contributed by atoms with E-state index in [0.717, 1.165) is 5.48 Å². The molecule has 0 saturated heterocycles. The number of halogens is 2. The highest BCUT2D eigenvalue weighted by atomic mass is 19.3. The predicted octanol–water partition coefficient (Wildman–Crippen LogP) is 0.966. The van der Waals surface area contributed by atoms with Gasteiger partial charge in [-0.25, -0.2) is 19.2 Å². The molecule has 1 heterocycles. The molecule has 2 aromatic rings. The Labute approximate surface area is 157 Å². The number of aromatic nitrogens is 1. The molecule has 10 heteroatoms. The Morgan fingerprint density at radius 2 is 1.86 bits per heavy atom. The Kier molecular flexibility index (Phi) is 6.97. The van der Waals surface area contributed by atoms with Gasteiger partial charge in [-0.15, -0.1) is 0 Å². The summed E-state index contributed by atoms with van der Waals surface area (Å²) in [6, 6.07) is 3.66. The second-order valence-electron chi connectivity index (χ2n) is 5.08. The summed E-state index contributed by atoms with van der Waals surface area (Å²) in [7, 11) is 0. The molecular formula is C18H12F2N4O4. The van der Waals surface area contributed by atoms with Crippen molar-refractivity contribution in [3.05, 3.63) is 53.7 Å². The van der Waals surface area contributed by atoms with Crippen molar-refractivity contribution in [3.63, 3.8) is 0 Å². The minimum atomic E-state index is -3.28. The SMILES string of the molecule is N=C(C(F)F)[C@H](NC(=O)c1ccc(C#CC#Cc2cnco2)cc1)C(=O)NO. The molecule has 1 aromatic heterocycles. The number of hydroxylamine groups is 1. The quantitative estimate of drug-likeness (QED) is 0.263. The third kappa shape index (κ3) is 5.49. The minimum absolute atomic E-state index is 0.0381. The van der Waals surface area contributed by atoms with Crippen molar-refractivity contribution in [2.24, 2.45) is 0 Å². The average molecular weight is 386 g/mol. The van der Waals surface area contributed by atoms with Gasteiger partial charge >= 0.3 is 0 Å². The van der Waals surface area contributed by atoms with Crippen LogP contribution in [0.5, 0.6) is 0 Å². The smallest absolute Gasteiger partial charge is 0.278 e. The monoisotopic (exact) mass is 386 g/mol. The summed E-state index contributed by atoms with van der Waals surface area (Å²) >= 11 is 0. The van der Waals surface area contributed by atoms with E-state index in [0.29, 0.717) is 11.3 Å². The lowest BCUT2D eigenvalue weighted by Crippen LogP contribution is -2.52. The van der Waals surface area contributed by atoms with Crippen molar-refractivity contribution < 1.29 is 28.0 Å². The van der Waals surface area contributed by atoms with Crippen LogP contribution in [0.1, 0.15) is 21.7 Å². The molecule has 1 aromatic carbocycles. The zero-order valence-corrected chi connectivity index (χ0v) is 14.0. The van der Waals surface area contributed by atoms with Gasteiger partial charge in [0.2, 0.25) is 0 Å². The fourth-order valence-electron chi connectivity index (χ4n) is 1.87. The number of benzene rings is 1. The van der Waals surface area contributed by atoms with Gasteiger partial charge in [0.25, 0.3) is 18.2 Å². The molecule has 0 unspecified atom stereocenters. The Morgan fingerprint density at radius 1 is 1.18 bits per heavy atom. The van der Waals surface area contributed by atoms with Crippen LogP contribution >= 0.6 is 0 Å². The van der Waals surface area contributed by atoms with Crippen molar-refractivity contribution in [2.45, 2.75) is 12.5 Å². The lowest BCUT2D eigenvalue weighted by molar-refractivity contribution is -0.129. The van der Waals surface area contributed by atoms with E-state index in [1.807, 2.05) is 5.32 Å². The molecule has 0 spiro atoms. The maximum Gasteiger partial charge on any atom is 0.278 e. The Bertz CT molecular complexity index is 981. The highest BCUT2D eigenvalue weighted by Gasteiger charge is 2.30. The number of oxazole rings is 1. The van der Waals surface area contributed by atoms with Gasteiger partial charge in [-0.05, 0) is 42.0 Å². The van der Waals surface area contributed by atoms with Gasteiger partial charge in [0.15, 0.2) is 18.2 Å². The lowest BCUT2D eigenvalue weighted by Gasteiger charge is -2.17. The Morgan fingerprint density at radius 3 is 2.43 bits per heavy atom. The van der Waals surface area contributed by atoms with Crippen molar-refractivity contribution in [2.75, 3.05) is 0 Å². The number of carbonyl (C=O) groups excluding carboxylic acids is 2.